The van der Waals surface area contributed by atoms with Crippen molar-refractivity contribution < 1.29 is 4.79 Å². The normalized spacial score (nSPS) is 36.0. The SMILES string of the molecule is O=C(C1CCCc2c1[nH]c1ccccc21)N1[C@@H]2CC[C@H]1[C@H]1CNC[C@H]12. The topological polar surface area (TPSA) is 48.1 Å². The summed E-state index contributed by atoms with van der Waals surface area (Å²) in [5.74, 6) is 1.86. The lowest BCUT2D eigenvalue weighted by Gasteiger charge is -2.31. The highest BCUT2D eigenvalue weighted by Gasteiger charge is 2.57. The van der Waals surface area contributed by atoms with Crippen LogP contribution < -0.4 is 5.32 Å². The molecule has 0 radical (unpaired) electrons. The van der Waals surface area contributed by atoms with Gasteiger partial charge in [0.05, 0.1) is 5.92 Å². The lowest BCUT2D eigenvalue weighted by Crippen LogP contribution is -2.42. The molecular weight excluding hydrogens is 310 g/mol. The molecule has 130 valence electrons. The maximum Gasteiger partial charge on any atom is 0.232 e. The van der Waals surface area contributed by atoms with Crippen LogP contribution in [0.15, 0.2) is 24.3 Å². The first-order chi connectivity index (χ1) is 12.3. The van der Waals surface area contributed by atoms with Crippen molar-refractivity contribution in [2.45, 2.75) is 50.1 Å². The average Bonchev–Trinajstić information content (AvgIpc) is 3.39. The van der Waals surface area contributed by atoms with Gasteiger partial charge in [-0.05, 0) is 55.6 Å². The lowest BCUT2D eigenvalue weighted by molar-refractivity contribution is -0.135. The fraction of sp³-hybridized carbons (Fsp3) is 0.571. The number of amides is 1. The van der Waals surface area contributed by atoms with E-state index in [-0.39, 0.29) is 5.92 Å². The van der Waals surface area contributed by atoms with Gasteiger partial charge in [-0.1, -0.05) is 18.2 Å². The molecule has 4 heterocycles. The summed E-state index contributed by atoms with van der Waals surface area (Å²) in [6, 6.07) is 9.52. The zero-order valence-electron chi connectivity index (χ0n) is 14.5. The van der Waals surface area contributed by atoms with Gasteiger partial charge in [-0.25, -0.2) is 0 Å². The van der Waals surface area contributed by atoms with Crippen molar-refractivity contribution in [1.82, 2.24) is 15.2 Å². The molecule has 4 heteroatoms. The van der Waals surface area contributed by atoms with Gasteiger partial charge in [0.2, 0.25) is 5.91 Å². The highest BCUT2D eigenvalue weighted by atomic mass is 16.2. The molecule has 0 spiro atoms. The van der Waals surface area contributed by atoms with E-state index in [9.17, 15) is 4.79 Å². The summed E-state index contributed by atoms with van der Waals surface area (Å²) in [4.78, 5) is 19.6. The number of fused-ring (bicyclic) bond motifs is 8. The van der Waals surface area contributed by atoms with Gasteiger partial charge >= 0.3 is 0 Å². The molecule has 2 N–H and O–H groups in total. The minimum Gasteiger partial charge on any atom is -0.357 e. The zero-order valence-corrected chi connectivity index (χ0v) is 14.5. The van der Waals surface area contributed by atoms with Gasteiger partial charge in [0, 0.05) is 41.8 Å². The molecule has 3 saturated heterocycles. The van der Waals surface area contributed by atoms with Gasteiger partial charge in [0.25, 0.3) is 0 Å². The number of rotatable bonds is 1. The van der Waals surface area contributed by atoms with Gasteiger partial charge in [0.1, 0.15) is 0 Å². The minimum atomic E-state index is 0.0473. The second kappa shape index (κ2) is 5.10. The number of hydrogen-bond donors (Lipinski definition) is 2. The molecule has 4 aliphatic rings. The van der Waals surface area contributed by atoms with E-state index in [1.165, 1.54) is 35.0 Å². The maximum atomic E-state index is 13.6. The second-order valence-corrected chi connectivity index (χ2v) is 8.45. The number of para-hydroxylation sites is 1. The van der Waals surface area contributed by atoms with E-state index in [0.717, 1.165) is 32.4 Å². The first kappa shape index (κ1) is 14.4. The van der Waals surface area contributed by atoms with Crippen LogP contribution in [0.2, 0.25) is 0 Å². The molecule has 1 unspecified atom stereocenters. The maximum absolute atomic E-state index is 13.6. The molecule has 5 atom stereocenters. The average molecular weight is 335 g/mol. The molecule has 1 amide bonds. The minimum absolute atomic E-state index is 0.0473. The van der Waals surface area contributed by atoms with Crippen LogP contribution in [0.25, 0.3) is 10.9 Å². The van der Waals surface area contributed by atoms with Crippen molar-refractivity contribution in [2.24, 2.45) is 11.8 Å². The number of aryl methyl sites for hydroxylation is 1. The molecule has 3 aliphatic heterocycles. The van der Waals surface area contributed by atoms with Crippen LogP contribution in [0.5, 0.6) is 0 Å². The second-order valence-electron chi connectivity index (χ2n) is 8.45. The Kier molecular flexibility index (Phi) is 2.93. The summed E-state index contributed by atoms with van der Waals surface area (Å²) >= 11 is 0. The van der Waals surface area contributed by atoms with E-state index in [1.807, 2.05) is 0 Å². The summed E-state index contributed by atoms with van der Waals surface area (Å²) in [5.41, 5.74) is 3.80. The number of carbonyl (C=O) groups is 1. The van der Waals surface area contributed by atoms with E-state index in [4.69, 9.17) is 0 Å². The smallest absolute Gasteiger partial charge is 0.232 e. The highest BCUT2D eigenvalue weighted by Crippen LogP contribution is 2.49. The van der Waals surface area contributed by atoms with Gasteiger partial charge in [-0.15, -0.1) is 0 Å². The van der Waals surface area contributed by atoms with Crippen LogP contribution in [-0.2, 0) is 11.2 Å². The molecular formula is C21H25N3O. The number of hydrogen-bond acceptors (Lipinski definition) is 2. The Morgan fingerprint density at radius 2 is 1.80 bits per heavy atom. The molecule has 0 saturated carbocycles. The quantitative estimate of drug-likeness (QED) is 0.842. The number of carbonyl (C=O) groups excluding carboxylic acids is 1. The lowest BCUT2D eigenvalue weighted by atomic mass is 9.82. The first-order valence-electron chi connectivity index (χ1n) is 9.95. The molecule has 2 aromatic rings. The van der Waals surface area contributed by atoms with Crippen LogP contribution in [0.1, 0.15) is 42.9 Å². The number of nitrogens with one attached hydrogen (secondary N) is 2. The Bertz CT molecular complexity index is 838. The third kappa shape index (κ3) is 1.84. The summed E-state index contributed by atoms with van der Waals surface area (Å²) in [6.45, 7) is 2.22. The third-order valence-electron chi connectivity index (χ3n) is 7.44. The van der Waals surface area contributed by atoms with Crippen molar-refractivity contribution in [1.29, 1.82) is 0 Å². The zero-order chi connectivity index (χ0) is 16.5. The van der Waals surface area contributed by atoms with E-state index in [2.05, 4.69) is 39.5 Å². The Morgan fingerprint density at radius 1 is 1.04 bits per heavy atom. The standard InChI is InChI=1S/C21H25N3O/c25-21(24-18-8-9-19(24)16-11-22-10-15(16)18)14-6-3-5-13-12-4-1-2-7-17(12)23-20(13)14/h1-2,4,7,14-16,18-19,22-23H,3,5-6,8-11H2/t14?,15-,16+,18-,19+. The van der Waals surface area contributed by atoms with Crippen molar-refractivity contribution >= 4 is 16.8 Å². The number of aromatic amines is 1. The van der Waals surface area contributed by atoms with Crippen LogP contribution in [0.4, 0.5) is 0 Å². The molecule has 1 aromatic carbocycles. The Morgan fingerprint density at radius 3 is 2.60 bits per heavy atom. The fourth-order valence-electron chi connectivity index (χ4n) is 6.44. The fourth-order valence-corrected chi connectivity index (χ4v) is 6.44. The number of benzene rings is 1. The molecule has 6 rings (SSSR count). The van der Waals surface area contributed by atoms with E-state index >= 15 is 0 Å². The van der Waals surface area contributed by atoms with Crippen LogP contribution >= 0.6 is 0 Å². The van der Waals surface area contributed by atoms with E-state index < -0.39 is 0 Å². The molecule has 25 heavy (non-hydrogen) atoms. The van der Waals surface area contributed by atoms with Crippen molar-refractivity contribution in [3.05, 3.63) is 35.5 Å². The predicted octanol–water partition coefficient (Wildman–Crippen LogP) is 2.80. The predicted molar refractivity (Wildman–Crippen MR) is 97.5 cm³/mol. The Labute approximate surface area is 148 Å². The summed E-state index contributed by atoms with van der Waals surface area (Å²) in [7, 11) is 0. The summed E-state index contributed by atoms with van der Waals surface area (Å²) < 4.78 is 0. The molecule has 1 aromatic heterocycles. The van der Waals surface area contributed by atoms with Crippen molar-refractivity contribution in [3.63, 3.8) is 0 Å². The molecule has 1 aliphatic carbocycles. The number of aromatic nitrogens is 1. The van der Waals surface area contributed by atoms with Crippen LogP contribution in [-0.4, -0.2) is 41.0 Å². The Balaban J connectivity index is 1.38. The monoisotopic (exact) mass is 335 g/mol. The van der Waals surface area contributed by atoms with Gasteiger partial charge in [-0.3, -0.25) is 4.79 Å². The van der Waals surface area contributed by atoms with Crippen molar-refractivity contribution in [2.75, 3.05) is 13.1 Å². The largest absolute Gasteiger partial charge is 0.357 e. The third-order valence-corrected chi connectivity index (χ3v) is 7.44. The van der Waals surface area contributed by atoms with Gasteiger partial charge in [0.15, 0.2) is 0 Å². The summed E-state index contributed by atoms with van der Waals surface area (Å²) in [5, 5.41) is 4.87. The van der Waals surface area contributed by atoms with Crippen molar-refractivity contribution in [3.8, 4) is 0 Å². The Hall–Kier alpha value is -1.81. The number of H-pyrrole nitrogens is 1. The van der Waals surface area contributed by atoms with Gasteiger partial charge < -0.3 is 15.2 Å². The van der Waals surface area contributed by atoms with E-state index in [0.29, 0.717) is 29.8 Å². The van der Waals surface area contributed by atoms with Crippen LogP contribution in [0.3, 0.4) is 0 Å². The van der Waals surface area contributed by atoms with E-state index in [1.54, 1.807) is 0 Å². The highest BCUT2D eigenvalue weighted by molar-refractivity contribution is 5.91. The first-order valence-corrected chi connectivity index (χ1v) is 9.95. The molecule has 4 nitrogen and oxygen atoms in total. The van der Waals surface area contributed by atoms with Gasteiger partial charge in [-0.2, -0.15) is 0 Å². The molecule has 3 fully saturated rings. The summed E-state index contributed by atoms with van der Waals surface area (Å²) in [6.07, 6.45) is 5.66. The van der Waals surface area contributed by atoms with Crippen LogP contribution in [0, 0.1) is 11.8 Å². The number of nitrogens with zero attached hydrogens (tertiary/aromatic N) is 1. The molecule has 2 bridgehead atoms.